The molecule has 0 aromatic carbocycles. The van der Waals surface area contributed by atoms with Gasteiger partial charge in [0.15, 0.2) is 0 Å². The van der Waals surface area contributed by atoms with Crippen molar-refractivity contribution in [2.45, 2.75) is 57.5 Å². The van der Waals surface area contributed by atoms with Crippen molar-refractivity contribution in [2.24, 2.45) is 13.0 Å². The average molecular weight is 418 g/mol. The Labute approximate surface area is 178 Å². The number of amides is 2. The van der Waals surface area contributed by atoms with Gasteiger partial charge >= 0.3 is 0 Å². The molecule has 3 aliphatic rings. The second-order valence-electron chi connectivity index (χ2n) is 8.97. The Morgan fingerprint density at radius 1 is 1.13 bits per heavy atom. The molecule has 0 spiro atoms. The van der Waals surface area contributed by atoms with Crippen molar-refractivity contribution in [1.29, 1.82) is 0 Å². The van der Waals surface area contributed by atoms with Crippen molar-refractivity contribution in [1.82, 2.24) is 24.9 Å². The third-order valence-electron chi connectivity index (χ3n) is 6.75. The van der Waals surface area contributed by atoms with Crippen LogP contribution < -0.4 is 5.32 Å². The lowest BCUT2D eigenvalue weighted by Crippen LogP contribution is -2.53. The first-order valence-corrected chi connectivity index (χ1v) is 11.4. The zero-order valence-corrected chi connectivity index (χ0v) is 18.3. The highest BCUT2D eigenvalue weighted by Crippen LogP contribution is 2.32. The standard InChI is InChI=1S/C22H35N5O3/c1-16-20(15-25(2)24-16)21(28)23-9-12-27(19-7-13-30-14-8-19)18-5-10-26(11-6-18)22(29)17-3-4-17/h15,17-19H,3-14H2,1-2H3,(H,23,28). The normalized spacial score (nSPS) is 21.2. The van der Waals surface area contributed by atoms with E-state index in [-0.39, 0.29) is 5.91 Å². The summed E-state index contributed by atoms with van der Waals surface area (Å²) in [5, 5.41) is 7.34. The molecule has 1 saturated carbocycles. The predicted molar refractivity (Wildman–Crippen MR) is 113 cm³/mol. The summed E-state index contributed by atoms with van der Waals surface area (Å²) < 4.78 is 7.25. The second-order valence-corrected chi connectivity index (χ2v) is 8.97. The highest BCUT2D eigenvalue weighted by Gasteiger charge is 2.37. The Kier molecular flexibility index (Phi) is 6.73. The fraction of sp³-hybridized carbons (Fsp3) is 0.773. The van der Waals surface area contributed by atoms with Crippen LogP contribution in [0.5, 0.6) is 0 Å². The van der Waals surface area contributed by atoms with Gasteiger partial charge in [-0.15, -0.1) is 0 Å². The first-order valence-electron chi connectivity index (χ1n) is 11.4. The van der Waals surface area contributed by atoms with Gasteiger partial charge in [-0.1, -0.05) is 0 Å². The van der Waals surface area contributed by atoms with E-state index in [0.29, 0.717) is 36.0 Å². The molecule has 1 aromatic rings. The quantitative estimate of drug-likeness (QED) is 0.724. The summed E-state index contributed by atoms with van der Waals surface area (Å²) >= 11 is 0. The van der Waals surface area contributed by atoms with Gasteiger partial charge < -0.3 is 15.0 Å². The molecule has 1 aromatic heterocycles. The lowest BCUT2D eigenvalue weighted by molar-refractivity contribution is -0.134. The van der Waals surface area contributed by atoms with E-state index >= 15 is 0 Å². The molecule has 0 atom stereocenters. The lowest BCUT2D eigenvalue weighted by atomic mass is 9.97. The van der Waals surface area contributed by atoms with Gasteiger partial charge in [0.05, 0.1) is 11.3 Å². The molecule has 8 heteroatoms. The maximum absolute atomic E-state index is 12.6. The largest absolute Gasteiger partial charge is 0.381 e. The minimum atomic E-state index is -0.0580. The molecule has 8 nitrogen and oxygen atoms in total. The number of carbonyl (C=O) groups is 2. The van der Waals surface area contributed by atoms with Crippen LogP contribution in [0.2, 0.25) is 0 Å². The Morgan fingerprint density at radius 2 is 1.80 bits per heavy atom. The van der Waals surface area contributed by atoms with Crippen LogP contribution in [0.25, 0.3) is 0 Å². The van der Waals surface area contributed by atoms with Gasteiger partial charge in [-0.05, 0) is 45.4 Å². The van der Waals surface area contributed by atoms with E-state index < -0.39 is 0 Å². The van der Waals surface area contributed by atoms with Crippen LogP contribution in [0.3, 0.4) is 0 Å². The van der Waals surface area contributed by atoms with Gasteiger partial charge in [0.2, 0.25) is 5.91 Å². The summed E-state index contributed by atoms with van der Waals surface area (Å²) in [5.74, 6) is 0.613. The maximum atomic E-state index is 12.6. The molecule has 1 N–H and O–H groups in total. The second kappa shape index (κ2) is 9.47. The molecule has 166 valence electrons. The molecule has 3 heterocycles. The van der Waals surface area contributed by atoms with Gasteiger partial charge in [-0.2, -0.15) is 5.10 Å². The molecular weight excluding hydrogens is 382 g/mol. The molecule has 0 unspecified atom stereocenters. The number of aromatic nitrogens is 2. The van der Waals surface area contributed by atoms with Gasteiger partial charge in [0.1, 0.15) is 0 Å². The molecule has 30 heavy (non-hydrogen) atoms. The van der Waals surface area contributed by atoms with Crippen molar-refractivity contribution >= 4 is 11.8 Å². The van der Waals surface area contributed by atoms with Crippen LogP contribution in [0.4, 0.5) is 0 Å². The van der Waals surface area contributed by atoms with E-state index in [1.54, 1.807) is 10.9 Å². The highest BCUT2D eigenvalue weighted by atomic mass is 16.5. The topological polar surface area (TPSA) is 79.7 Å². The van der Waals surface area contributed by atoms with Gasteiger partial charge in [0, 0.05) is 70.6 Å². The molecule has 0 radical (unpaired) electrons. The van der Waals surface area contributed by atoms with Gasteiger partial charge in [-0.3, -0.25) is 19.2 Å². The van der Waals surface area contributed by atoms with E-state index in [2.05, 4.69) is 20.2 Å². The number of aryl methyl sites for hydroxylation is 2. The number of rotatable bonds is 7. The minimum absolute atomic E-state index is 0.0580. The van der Waals surface area contributed by atoms with Crippen LogP contribution >= 0.6 is 0 Å². The smallest absolute Gasteiger partial charge is 0.254 e. The molecule has 3 fully saturated rings. The lowest BCUT2D eigenvalue weighted by Gasteiger charge is -2.43. The summed E-state index contributed by atoms with van der Waals surface area (Å²) in [4.78, 5) is 29.6. The van der Waals surface area contributed by atoms with E-state index in [0.717, 1.165) is 77.1 Å². The fourth-order valence-corrected chi connectivity index (χ4v) is 4.90. The number of nitrogens with one attached hydrogen (secondary N) is 1. The Balaban J connectivity index is 1.32. The first-order chi connectivity index (χ1) is 14.5. The fourth-order valence-electron chi connectivity index (χ4n) is 4.90. The first kappa shape index (κ1) is 21.3. The summed E-state index contributed by atoms with van der Waals surface area (Å²) in [6.45, 7) is 6.65. The predicted octanol–water partition coefficient (Wildman–Crippen LogP) is 1.34. The molecule has 2 saturated heterocycles. The Morgan fingerprint density at radius 3 is 2.40 bits per heavy atom. The van der Waals surface area contributed by atoms with Crippen LogP contribution in [-0.2, 0) is 16.6 Å². The van der Waals surface area contributed by atoms with Crippen molar-refractivity contribution in [2.75, 3.05) is 39.4 Å². The Hall–Kier alpha value is -1.93. The van der Waals surface area contributed by atoms with E-state index in [1.807, 2.05) is 14.0 Å². The zero-order chi connectivity index (χ0) is 21.1. The molecular formula is C22H35N5O3. The summed E-state index contributed by atoms with van der Waals surface area (Å²) in [7, 11) is 1.83. The van der Waals surface area contributed by atoms with Crippen LogP contribution in [-0.4, -0.2) is 82.9 Å². The van der Waals surface area contributed by atoms with Gasteiger partial charge in [-0.25, -0.2) is 0 Å². The summed E-state index contributed by atoms with van der Waals surface area (Å²) in [6.07, 6.45) is 8.03. The number of hydrogen-bond donors (Lipinski definition) is 1. The summed E-state index contributed by atoms with van der Waals surface area (Å²) in [6, 6.07) is 0.958. The number of likely N-dealkylation sites (tertiary alicyclic amines) is 1. The van der Waals surface area contributed by atoms with Crippen LogP contribution in [0.15, 0.2) is 6.20 Å². The molecule has 2 amide bonds. The molecule has 1 aliphatic carbocycles. The SMILES string of the molecule is Cc1nn(C)cc1C(=O)NCCN(C1CCOCC1)C1CCN(C(=O)C2CC2)CC1. The monoisotopic (exact) mass is 417 g/mol. The minimum Gasteiger partial charge on any atom is -0.381 e. The number of ether oxygens (including phenoxy) is 1. The maximum Gasteiger partial charge on any atom is 0.254 e. The number of piperidine rings is 1. The summed E-state index contributed by atoms with van der Waals surface area (Å²) in [5.41, 5.74) is 1.39. The molecule has 4 rings (SSSR count). The highest BCUT2D eigenvalue weighted by molar-refractivity contribution is 5.94. The van der Waals surface area contributed by atoms with Crippen LogP contribution in [0, 0.1) is 12.8 Å². The van der Waals surface area contributed by atoms with Gasteiger partial charge in [0.25, 0.3) is 5.91 Å². The number of hydrogen-bond acceptors (Lipinski definition) is 5. The molecule has 0 bridgehead atoms. The third kappa shape index (κ3) is 5.03. The van der Waals surface area contributed by atoms with E-state index in [9.17, 15) is 9.59 Å². The van der Waals surface area contributed by atoms with Crippen LogP contribution in [0.1, 0.15) is 54.6 Å². The number of nitrogens with zero attached hydrogens (tertiary/aromatic N) is 4. The van der Waals surface area contributed by atoms with Crippen molar-refractivity contribution in [3.8, 4) is 0 Å². The number of carbonyl (C=O) groups excluding carboxylic acids is 2. The average Bonchev–Trinajstić information content (AvgIpc) is 3.55. The van der Waals surface area contributed by atoms with Crippen molar-refractivity contribution in [3.63, 3.8) is 0 Å². The third-order valence-corrected chi connectivity index (χ3v) is 6.75. The van der Waals surface area contributed by atoms with E-state index in [1.165, 1.54) is 0 Å². The van der Waals surface area contributed by atoms with E-state index in [4.69, 9.17) is 4.74 Å². The molecule has 2 aliphatic heterocycles. The van der Waals surface area contributed by atoms with Crippen molar-refractivity contribution < 1.29 is 14.3 Å². The zero-order valence-electron chi connectivity index (χ0n) is 18.3. The Bertz CT molecular complexity index is 746. The van der Waals surface area contributed by atoms with Crippen molar-refractivity contribution in [3.05, 3.63) is 17.5 Å².